The van der Waals surface area contributed by atoms with Gasteiger partial charge in [-0.2, -0.15) is 0 Å². The Morgan fingerprint density at radius 1 is 0.556 bits per heavy atom. The molecule has 0 aliphatic rings. The van der Waals surface area contributed by atoms with Crippen LogP contribution in [0, 0.1) is 10.8 Å². The van der Waals surface area contributed by atoms with E-state index in [0.717, 1.165) is 29.4 Å². The number of unbranched alkanes of at least 4 members (excludes halogenated alkanes) is 2. The monoisotopic (exact) mass is 923 g/mol. The van der Waals surface area contributed by atoms with Crippen LogP contribution in [0.5, 0.6) is 0 Å². The van der Waals surface area contributed by atoms with Crippen LogP contribution < -0.4 is 15.6 Å². The number of aliphatic hydroxyl groups is 1. The molecule has 0 saturated carbocycles. The van der Waals surface area contributed by atoms with Crippen molar-refractivity contribution in [3.63, 3.8) is 0 Å². The highest BCUT2D eigenvalue weighted by Gasteiger charge is 2.39. The third-order valence-electron chi connectivity index (χ3n) is 9.24. The number of nitrogens with one attached hydrogen (secondary N) is 1. The summed E-state index contributed by atoms with van der Waals surface area (Å²) in [6, 6.07) is 12.2. The number of nitrogens with two attached hydrogens (primary N) is 2. The van der Waals surface area contributed by atoms with E-state index < -0.39 is 114 Å². The lowest BCUT2D eigenvalue weighted by Crippen LogP contribution is -2.46. The molecule has 1 unspecified atom stereocenters. The number of carbonyl (C=O) groups excluding carboxylic acids is 5. The van der Waals surface area contributed by atoms with Gasteiger partial charge in [-0.25, -0.2) is 41.5 Å². The van der Waals surface area contributed by atoms with Gasteiger partial charge in [-0.3, -0.25) is 9.59 Å². The Labute approximate surface area is 367 Å². The first-order chi connectivity index (χ1) is 29.8. The van der Waals surface area contributed by atoms with Crippen molar-refractivity contribution in [2.24, 2.45) is 21.1 Å². The average Bonchev–Trinajstić information content (AvgIpc) is 3.26. The summed E-state index contributed by atoms with van der Waals surface area (Å²) in [6.45, 7) is 6.65. The van der Waals surface area contributed by atoms with Crippen LogP contribution in [0.4, 0.5) is 0 Å². The topological polar surface area (TPSA) is 293 Å². The van der Waals surface area contributed by atoms with E-state index in [0.29, 0.717) is 38.6 Å². The van der Waals surface area contributed by atoms with Gasteiger partial charge in [-0.1, -0.05) is 50.4 Å². The lowest BCUT2D eigenvalue weighted by Gasteiger charge is -2.35. The predicted molar refractivity (Wildman–Crippen MR) is 227 cm³/mol. The van der Waals surface area contributed by atoms with Crippen molar-refractivity contribution in [3.05, 3.63) is 97.6 Å². The van der Waals surface area contributed by atoms with Crippen LogP contribution in [-0.4, -0.2) is 118 Å². The Kier molecular flexibility index (Phi) is 23.1. The van der Waals surface area contributed by atoms with Crippen LogP contribution >= 0.6 is 0 Å². The summed E-state index contributed by atoms with van der Waals surface area (Å²) < 4.78 is 79.0. The second-order valence-corrected chi connectivity index (χ2v) is 17.7. The number of carbonyl (C=O) groups is 5. The molecule has 0 fully saturated rings. The van der Waals surface area contributed by atoms with Gasteiger partial charge in [0.1, 0.15) is 33.0 Å². The van der Waals surface area contributed by atoms with E-state index >= 15 is 0 Å². The smallest absolute Gasteiger partial charge is 0.330 e. The number of ether oxygens (including phenoxy) is 6. The zero-order chi connectivity index (χ0) is 46.9. The van der Waals surface area contributed by atoms with E-state index in [1.165, 1.54) is 24.3 Å². The molecule has 19 nitrogen and oxygen atoms in total. The number of rotatable bonds is 32. The SMILES string of the molecule is C=CC(=O)OCC(CO)(COCC(COC(=O)C=C)(COC(=O)CCCCCc1ccc(S(N)(=O)=O)cc1)COC(=O)CCNCCc1ccc(S(N)(=O)=O)cc1)COC(=O)C=C. The molecule has 0 saturated heterocycles. The minimum Gasteiger partial charge on any atom is -0.465 e. The molecule has 6 N–H and O–H groups in total. The van der Waals surface area contributed by atoms with E-state index in [9.17, 15) is 45.9 Å². The van der Waals surface area contributed by atoms with Crippen LogP contribution in [0.1, 0.15) is 43.2 Å². The van der Waals surface area contributed by atoms with E-state index in [4.69, 9.17) is 38.7 Å². The molecule has 2 rings (SSSR count). The number of primary sulfonamides is 2. The molecular weight excluding hydrogens is 867 g/mol. The van der Waals surface area contributed by atoms with E-state index in [1.807, 2.05) is 0 Å². The molecule has 0 aromatic heterocycles. The molecule has 0 heterocycles. The van der Waals surface area contributed by atoms with Crippen LogP contribution in [-0.2, 0) is 85.3 Å². The van der Waals surface area contributed by atoms with Gasteiger partial charge in [-0.05, 0) is 67.6 Å². The standard InChI is InChI=1S/C42H57N3O16S2/c1-4-36(47)57-27-41(24-46,28-58-37(48)5-2)25-56-26-42(29-59-38(49)6-3,30-60-39(50)11-9-7-8-10-32-12-16-34(17-13-32)62(43,52)53)31-61-40(51)21-23-45-22-20-33-14-18-35(19-15-33)63(44,54)55/h4-6,12-19,45-46H,1-3,7-11,20-31H2,(H2,43,52,53)(H2,44,54,55). The Hall–Kier alpha value is -5.29. The number of benzene rings is 2. The highest BCUT2D eigenvalue weighted by molar-refractivity contribution is 7.89. The molecule has 0 amide bonds. The Morgan fingerprint density at radius 3 is 1.41 bits per heavy atom. The molecule has 0 bridgehead atoms. The molecule has 348 valence electrons. The molecule has 0 aliphatic carbocycles. The molecule has 2 aromatic rings. The van der Waals surface area contributed by atoms with Crippen LogP contribution in [0.25, 0.3) is 0 Å². The summed E-state index contributed by atoms with van der Waals surface area (Å²) in [6.07, 6.45) is 5.41. The van der Waals surface area contributed by atoms with E-state index in [-0.39, 0.29) is 29.2 Å². The summed E-state index contributed by atoms with van der Waals surface area (Å²) in [5.41, 5.74) is -1.36. The van der Waals surface area contributed by atoms with Crippen molar-refractivity contribution >= 4 is 49.9 Å². The lowest BCUT2D eigenvalue weighted by atomic mass is 9.90. The number of hydrogen-bond acceptors (Lipinski definition) is 17. The summed E-state index contributed by atoms with van der Waals surface area (Å²) >= 11 is 0. The molecule has 21 heteroatoms. The van der Waals surface area contributed by atoms with Crippen LogP contribution in [0.2, 0.25) is 0 Å². The van der Waals surface area contributed by atoms with E-state index in [2.05, 4.69) is 25.1 Å². The van der Waals surface area contributed by atoms with Gasteiger partial charge < -0.3 is 38.8 Å². The lowest BCUT2D eigenvalue weighted by molar-refractivity contribution is -0.170. The Bertz CT molecular complexity index is 1950. The summed E-state index contributed by atoms with van der Waals surface area (Å²) in [7, 11) is -7.64. The molecule has 1 atom stereocenters. The van der Waals surface area contributed by atoms with Crippen LogP contribution in [0.3, 0.4) is 0 Å². The van der Waals surface area contributed by atoms with Crippen LogP contribution in [0.15, 0.2) is 96.3 Å². The second-order valence-electron chi connectivity index (χ2n) is 14.6. The number of esters is 5. The molecular formula is C42H57N3O16S2. The van der Waals surface area contributed by atoms with Gasteiger partial charge in [0.25, 0.3) is 0 Å². The number of aliphatic hydroxyl groups excluding tert-OH is 1. The molecule has 0 spiro atoms. The number of hydrogen-bond donors (Lipinski definition) is 4. The van der Waals surface area contributed by atoms with Crippen molar-refractivity contribution in [2.45, 2.75) is 54.7 Å². The van der Waals surface area contributed by atoms with Crippen molar-refractivity contribution in [2.75, 3.05) is 65.9 Å². The summed E-state index contributed by atoms with van der Waals surface area (Å²) in [5.74, 6) is -3.82. The van der Waals surface area contributed by atoms with Gasteiger partial charge in [0.05, 0.1) is 46.9 Å². The third-order valence-corrected chi connectivity index (χ3v) is 11.1. The van der Waals surface area contributed by atoms with Gasteiger partial charge in [0.15, 0.2) is 0 Å². The first-order valence-corrected chi connectivity index (χ1v) is 22.7. The van der Waals surface area contributed by atoms with Gasteiger partial charge in [-0.15, -0.1) is 0 Å². The van der Waals surface area contributed by atoms with Crippen molar-refractivity contribution in [1.82, 2.24) is 5.32 Å². The zero-order valence-electron chi connectivity index (χ0n) is 35.0. The summed E-state index contributed by atoms with van der Waals surface area (Å²) in [4.78, 5) is 62.2. The maximum atomic E-state index is 13.0. The maximum absolute atomic E-state index is 13.0. The molecule has 63 heavy (non-hydrogen) atoms. The Morgan fingerprint density at radius 2 is 0.968 bits per heavy atom. The van der Waals surface area contributed by atoms with Crippen molar-refractivity contribution in [1.29, 1.82) is 0 Å². The molecule has 2 aromatic carbocycles. The fourth-order valence-electron chi connectivity index (χ4n) is 5.47. The minimum absolute atomic E-state index is 0.000633. The Balaban J connectivity index is 2.17. The van der Waals surface area contributed by atoms with Crippen molar-refractivity contribution < 1.29 is 74.3 Å². The second kappa shape index (κ2) is 27.0. The molecule has 0 aliphatic heterocycles. The highest BCUT2D eigenvalue weighted by Crippen LogP contribution is 2.26. The molecule has 0 radical (unpaired) electrons. The first kappa shape index (κ1) is 53.8. The fourth-order valence-corrected chi connectivity index (χ4v) is 6.50. The predicted octanol–water partition coefficient (Wildman–Crippen LogP) is 1.56. The largest absolute Gasteiger partial charge is 0.465 e. The van der Waals surface area contributed by atoms with E-state index in [1.54, 1.807) is 24.3 Å². The minimum atomic E-state index is -3.83. The average molecular weight is 924 g/mol. The van der Waals surface area contributed by atoms with Crippen molar-refractivity contribution in [3.8, 4) is 0 Å². The maximum Gasteiger partial charge on any atom is 0.330 e. The van der Waals surface area contributed by atoms with Gasteiger partial charge in [0, 0.05) is 31.2 Å². The zero-order valence-corrected chi connectivity index (χ0v) is 36.7. The normalized spacial score (nSPS) is 12.6. The van der Waals surface area contributed by atoms with Gasteiger partial charge >= 0.3 is 29.8 Å². The third kappa shape index (κ3) is 21.1. The number of aryl methyl sites for hydroxylation is 1. The van der Waals surface area contributed by atoms with Gasteiger partial charge in [0.2, 0.25) is 20.0 Å². The first-order valence-electron chi connectivity index (χ1n) is 19.6. The number of sulfonamides is 2. The summed E-state index contributed by atoms with van der Waals surface area (Å²) in [5, 5.41) is 23.8. The highest BCUT2D eigenvalue weighted by atomic mass is 32.2. The fraction of sp³-hybridized carbons (Fsp3) is 0.452. The quantitative estimate of drug-likeness (QED) is 0.0350.